The summed E-state index contributed by atoms with van der Waals surface area (Å²) in [5.74, 6) is -0.704. The van der Waals surface area contributed by atoms with Gasteiger partial charge in [-0.1, -0.05) is 6.92 Å². The van der Waals surface area contributed by atoms with E-state index in [0.717, 1.165) is 0 Å². The van der Waals surface area contributed by atoms with Gasteiger partial charge < -0.3 is 9.47 Å². The largest absolute Gasteiger partial charge is 0.465 e. The normalized spacial score (nSPS) is 36.7. The molecule has 1 saturated heterocycles. The minimum atomic E-state index is -0.290. The van der Waals surface area contributed by atoms with Gasteiger partial charge in [-0.25, -0.2) is 4.79 Å². The molecule has 2 heterocycles. The van der Waals surface area contributed by atoms with Gasteiger partial charge in [0.2, 0.25) is 0 Å². The molecule has 1 fully saturated rings. The molecule has 4 heteroatoms. The summed E-state index contributed by atoms with van der Waals surface area (Å²) in [7, 11) is 0. The van der Waals surface area contributed by atoms with Gasteiger partial charge in [0.1, 0.15) is 6.10 Å². The van der Waals surface area contributed by atoms with Gasteiger partial charge in [0.05, 0.1) is 12.5 Å². The van der Waals surface area contributed by atoms with E-state index < -0.39 is 0 Å². The Labute approximate surface area is 81.9 Å². The first kappa shape index (κ1) is 9.24. The predicted octanol–water partition coefficient (Wildman–Crippen LogP) is 0.667. The van der Waals surface area contributed by atoms with Crippen molar-refractivity contribution in [2.24, 2.45) is 11.8 Å². The van der Waals surface area contributed by atoms with Gasteiger partial charge >= 0.3 is 11.9 Å². The molecular weight excluding hydrogens is 184 g/mol. The van der Waals surface area contributed by atoms with E-state index in [4.69, 9.17) is 9.47 Å². The second-order valence-corrected chi connectivity index (χ2v) is 3.80. The van der Waals surface area contributed by atoms with Crippen molar-refractivity contribution in [2.75, 3.05) is 6.61 Å². The summed E-state index contributed by atoms with van der Waals surface area (Å²) >= 11 is 0. The first-order valence-corrected chi connectivity index (χ1v) is 4.65. The molecule has 0 bridgehead atoms. The highest BCUT2D eigenvalue weighted by atomic mass is 16.6. The first-order valence-electron chi connectivity index (χ1n) is 4.65. The minimum absolute atomic E-state index is 0.0242. The molecule has 0 aliphatic carbocycles. The van der Waals surface area contributed by atoms with E-state index in [1.807, 2.05) is 0 Å². The highest BCUT2D eigenvalue weighted by molar-refractivity contribution is 5.90. The summed E-state index contributed by atoms with van der Waals surface area (Å²) in [6, 6.07) is 0. The lowest BCUT2D eigenvalue weighted by Crippen LogP contribution is -2.26. The number of carbonyl (C=O) groups excluding carboxylic acids is 2. The van der Waals surface area contributed by atoms with E-state index in [9.17, 15) is 9.59 Å². The summed E-state index contributed by atoms with van der Waals surface area (Å²) in [6.45, 7) is 3.86. The smallest absolute Gasteiger partial charge is 0.334 e. The second-order valence-electron chi connectivity index (χ2n) is 3.80. The molecule has 0 unspecified atom stereocenters. The summed E-state index contributed by atoms with van der Waals surface area (Å²) < 4.78 is 10.0. The van der Waals surface area contributed by atoms with Crippen molar-refractivity contribution in [1.82, 2.24) is 0 Å². The summed E-state index contributed by atoms with van der Waals surface area (Å²) in [5.41, 5.74) is 0.613. The third kappa shape index (κ3) is 1.31. The summed E-state index contributed by atoms with van der Waals surface area (Å²) in [4.78, 5) is 22.2. The highest BCUT2D eigenvalue weighted by Gasteiger charge is 2.41. The van der Waals surface area contributed by atoms with E-state index in [-0.39, 0.29) is 29.9 Å². The molecule has 0 radical (unpaired) electrons. The van der Waals surface area contributed by atoms with E-state index in [1.54, 1.807) is 19.9 Å². The van der Waals surface area contributed by atoms with Crippen molar-refractivity contribution in [3.8, 4) is 0 Å². The van der Waals surface area contributed by atoms with Crippen LogP contribution in [0, 0.1) is 11.8 Å². The zero-order valence-electron chi connectivity index (χ0n) is 8.15. The van der Waals surface area contributed by atoms with Gasteiger partial charge in [0, 0.05) is 11.5 Å². The Morgan fingerprint density at radius 2 is 2.14 bits per heavy atom. The third-order valence-electron chi connectivity index (χ3n) is 2.83. The minimum Gasteiger partial charge on any atom is -0.465 e. The van der Waals surface area contributed by atoms with Crippen molar-refractivity contribution in [2.45, 2.75) is 20.0 Å². The quantitative estimate of drug-likeness (QED) is 0.578. The number of carbonyl (C=O) groups is 2. The maximum absolute atomic E-state index is 11.1. The summed E-state index contributed by atoms with van der Waals surface area (Å²) in [6.07, 6.45) is 1.48. The van der Waals surface area contributed by atoms with Crippen LogP contribution in [0.25, 0.3) is 0 Å². The Morgan fingerprint density at radius 3 is 2.57 bits per heavy atom. The highest BCUT2D eigenvalue weighted by Crippen LogP contribution is 2.30. The average molecular weight is 196 g/mol. The Balaban J connectivity index is 2.11. The van der Waals surface area contributed by atoms with Crippen LogP contribution in [0.1, 0.15) is 13.8 Å². The SMILES string of the molecule is CC1=C[C@H]([C@@H]2COC(=O)[C@H]2C)OC1=O. The molecule has 0 aromatic rings. The molecule has 4 nitrogen and oxygen atoms in total. The zero-order valence-corrected chi connectivity index (χ0v) is 8.15. The summed E-state index contributed by atoms with van der Waals surface area (Å²) in [5, 5.41) is 0. The first-order chi connectivity index (χ1) is 6.59. The van der Waals surface area contributed by atoms with Crippen molar-refractivity contribution >= 4 is 11.9 Å². The van der Waals surface area contributed by atoms with Gasteiger partial charge in [-0.2, -0.15) is 0 Å². The molecule has 0 amide bonds. The van der Waals surface area contributed by atoms with E-state index in [1.165, 1.54) is 0 Å². The molecule has 2 aliphatic rings. The van der Waals surface area contributed by atoms with E-state index in [0.29, 0.717) is 12.2 Å². The molecule has 0 aromatic carbocycles. The van der Waals surface area contributed by atoms with Crippen LogP contribution in [0.4, 0.5) is 0 Å². The van der Waals surface area contributed by atoms with Crippen LogP contribution in [0.2, 0.25) is 0 Å². The number of esters is 2. The van der Waals surface area contributed by atoms with Crippen molar-refractivity contribution in [1.29, 1.82) is 0 Å². The van der Waals surface area contributed by atoms with Crippen molar-refractivity contribution in [3.63, 3.8) is 0 Å². The molecule has 14 heavy (non-hydrogen) atoms. The fraction of sp³-hybridized carbons (Fsp3) is 0.600. The number of ether oxygens (including phenoxy) is 2. The molecule has 0 aromatic heterocycles. The molecule has 2 rings (SSSR count). The van der Waals surface area contributed by atoms with Crippen LogP contribution in [-0.4, -0.2) is 24.6 Å². The van der Waals surface area contributed by atoms with Gasteiger partial charge in [-0.3, -0.25) is 4.79 Å². The monoisotopic (exact) mass is 196 g/mol. The van der Waals surface area contributed by atoms with Crippen molar-refractivity contribution < 1.29 is 19.1 Å². The van der Waals surface area contributed by atoms with Gasteiger partial charge in [0.25, 0.3) is 0 Å². The lowest BCUT2D eigenvalue weighted by molar-refractivity contribution is -0.143. The Kier molecular flexibility index (Phi) is 2.06. The fourth-order valence-corrected chi connectivity index (χ4v) is 1.78. The Hall–Kier alpha value is -1.32. The Morgan fingerprint density at radius 1 is 1.43 bits per heavy atom. The maximum Gasteiger partial charge on any atom is 0.334 e. The number of cyclic esters (lactones) is 2. The van der Waals surface area contributed by atoms with Gasteiger partial charge in [-0.15, -0.1) is 0 Å². The van der Waals surface area contributed by atoms with Crippen LogP contribution in [-0.2, 0) is 19.1 Å². The number of hydrogen-bond acceptors (Lipinski definition) is 4. The van der Waals surface area contributed by atoms with Crippen LogP contribution in [0.5, 0.6) is 0 Å². The molecule has 0 spiro atoms. The van der Waals surface area contributed by atoms with Gasteiger partial charge in [-0.05, 0) is 13.0 Å². The number of rotatable bonds is 1. The van der Waals surface area contributed by atoms with E-state index >= 15 is 0 Å². The van der Waals surface area contributed by atoms with Crippen LogP contribution >= 0.6 is 0 Å². The lowest BCUT2D eigenvalue weighted by atomic mass is 9.91. The van der Waals surface area contributed by atoms with Crippen molar-refractivity contribution in [3.05, 3.63) is 11.6 Å². The van der Waals surface area contributed by atoms with E-state index in [2.05, 4.69) is 0 Å². The molecule has 3 atom stereocenters. The second kappa shape index (κ2) is 3.12. The predicted molar refractivity (Wildman–Crippen MR) is 47.3 cm³/mol. The van der Waals surface area contributed by atoms with Gasteiger partial charge in [0.15, 0.2) is 0 Å². The molecule has 0 N–H and O–H groups in total. The lowest BCUT2D eigenvalue weighted by Gasteiger charge is -2.16. The third-order valence-corrected chi connectivity index (χ3v) is 2.83. The molecular formula is C10H12O4. The van der Waals surface area contributed by atoms with Crippen LogP contribution in [0.15, 0.2) is 11.6 Å². The molecule has 2 aliphatic heterocycles. The molecule has 76 valence electrons. The van der Waals surface area contributed by atoms with Crippen LogP contribution < -0.4 is 0 Å². The number of hydrogen-bond donors (Lipinski definition) is 0. The molecule has 0 saturated carbocycles. The standard InChI is InChI=1S/C10H12O4/c1-5-3-8(14-9(5)11)7-4-13-10(12)6(7)2/h3,6-8H,4H2,1-2H3/t6-,7+,8+/m0/s1. The maximum atomic E-state index is 11.1. The van der Waals surface area contributed by atoms with Crippen LogP contribution in [0.3, 0.4) is 0 Å². The zero-order chi connectivity index (χ0) is 10.3. The fourth-order valence-electron chi connectivity index (χ4n) is 1.78. The Bertz CT molecular complexity index is 318. The average Bonchev–Trinajstić information content (AvgIpc) is 2.61. The topological polar surface area (TPSA) is 52.6 Å².